The van der Waals surface area contributed by atoms with Crippen molar-refractivity contribution >= 4 is 0 Å². The van der Waals surface area contributed by atoms with Crippen LogP contribution >= 0.6 is 0 Å². The van der Waals surface area contributed by atoms with Gasteiger partial charge in [0.05, 0.1) is 0 Å². The molecule has 0 spiro atoms. The van der Waals surface area contributed by atoms with E-state index in [1.165, 1.54) is 64.2 Å². The molecular formula is C22H34Hf. The van der Waals surface area contributed by atoms with Gasteiger partial charge in [-0.05, 0) is 0 Å². The van der Waals surface area contributed by atoms with E-state index in [0.29, 0.717) is 0 Å². The normalized spacial score (nSPS) is 17.9. The molecule has 1 heteroatoms. The molecule has 0 aromatic rings. The van der Waals surface area contributed by atoms with Crippen LogP contribution in [-0.2, 0) is 22.9 Å². The molecule has 0 fully saturated rings. The number of hydrogen-bond donors (Lipinski definition) is 0. The Hall–Kier alpha value is -0.170. The fourth-order valence-corrected chi connectivity index (χ4v) is 9.72. The molecule has 0 saturated carbocycles. The van der Waals surface area contributed by atoms with Gasteiger partial charge in [-0.25, -0.2) is 0 Å². The summed E-state index contributed by atoms with van der Waals surface area (Å²) in [7, 11) is 0. The number of hydrogen-bond acceptors (Lipinski definition) is 0. The molecule has 0 aliphatic heterocycles. The van der Waals surface area contributed by atoms with E-state index in [1.54, 1.807) is 22.3 Å². The maximum atomic E-state index is 2.63. The SMILES string of the molecule is CCCC1=C(CCC)[C]([Hf][C]2=CCC(CCC)=C2CCC)=CC1. The first-order valence-corrected chi connectivity index (χ1v) is 13.4. The van der Waals surface area contributed by atoms with Gasteiger partial charge < -0.3 is 0 Å². The summed E-state index contributed by atoms with van der Waals surface area (Å²) < 4.78 is 3.71. The van der Waals surface area contributed by atoms with E-state index < -0.39 is 22.9 Å². The van der Waals surface area contributed by atoms with Gasteiger partial charge in [0.25, 0.3) is 0 Å². The van der Waals surface area contributed by atoms with Crippen LogP contribution in [0.1, 0.15) is 91.9 Å². The second-order valence-electron chi connectivity index (χ2n) is 6.93. The Bertz CT molecular complexity index is 480. The summed E-state index contributed by atoms with van der Waals surface area (Å²) in [6.45, 7) is 9.35. The van der Waals surface area contributed by atoms with Gasteiger partial charge >= 0.3 is 156 Å². The molecule has 0 aromatic carbocycles. The van der Waals surface area contributed by atoms with Crippen LogP contribution in [-0.4, -0.2) is 0 Å². The second kappa shape index (κ2) is 9.97. The van der Waals surface area contributed by atoms with E-state index in [9.17, 15) is 0 Å². The van der Waals surface area contributed by atoms with Crippen LogP contribution < -0.4 is 0 Å². The van der Waals surface area contributed by atoms with Gasteiger partial charge in [0.15, 0.2) is 0 Å². The fourth-order valence-electron chi connectivity index (χ4n) is 3.95. The Morgan fingerprint density at radius 1 is 0.652 bits per heavy atom. The first-order chi connectivity index (χ1) is 11.2. The van der Waals surface area contributed by atoms with Crippen molar-refractivity contribution in [3.8, 4) is 0 Å². The topological polar surface area (TPSA) is 0 Å². The van der Waals surface area contributed by atoms with Gasteiger partial charge in [-0.1, -0.05) is 0 Å². The molecule has 2 aliphatic rings. The third-order valence-electron chi connectivity index (χ3n) is 4.98. The quantitative estimate of drug-likeness (QED) is 0.287. The zero-order chi connectivity index (χ0) is 16.7. The number of allylic oxidation sites excluding steroid dienone is 8. The zero-order valence-corrected chi connectivity index (χ0v) is 19.3. The van der Waals surface area contributed by atoms with Crippen LogP contribution in [0, 0.1) is 0 Å². The fraction of sp³-hybridized carbons (Fsp3) is 0.636. The molecule has 0 saturated heterocycles. The Kier molecular flexibility index (Phi) is 8.30. The minimum atomic E-state index is -0.847. The van der Waals surface area contributed by atoms with Gasteiger partial charge in [-0.15, -0.1) is 0 Å². The van der Waals surface area contributed by atoms with Crippen molar-refractivity contribution in [1.29, 1.82) is 0 Å². The molecule has 0 nitrogen and oxygen atoms in total. The summed E-state index contributed by atoms with van der Waals surface area (Å²) in [6.07, 6.45) is 18.3. The summed E-state index contributed by atoms with van der Waals surface area (Å²) in [5.74, 6) is 0. The van der Waals surface area contributed by atoms with Gasteiger partial charge in [0.2, 0.25) is 0 Å². The average molecular weight is 477 g/mol. The van der Waals surface area contributed by atoms with Gasteiger partial charge in [-0.2, -0.15) is 0 Å². The predicted octanol–water partition coefficient (Wildman–Crippen LogP) is 7.44. The second-order valence-corrected chi connectivity index (χ2v) is 11.7. The maximum absolute atomic E-state index is 2.63. The molecule has 0 N–H and O–H groups in total. The summed E-state index contributed by atoms with van der Waals surface area (Å²) in [5.41, 5.74) is 7.17. The van der Waals surface area contributed by atoms with Crippen LogP contribution in [0.3, 0.4) is 0 Å². The summed E-state index contributed by atoms with van der Waals surface area (Å²) >= 11 is -0.847. The van der Waals surface area contributed by atoms with Gasteiger partial charge in [0, 0.05) is 0 Å². The minimum absolute atomic E-state index is 0.847. The van der Waals surface area contributed by atoms with E-state index >= 15 is 0 Å². The molecular weight excluding hydrogens is 443 g/mol. The van der Waals surface area contributed by atoms with Crippen molar-refractivity contribution in [3.63, 3.8) is 0 Å². The average Bonchev–Trinajstić information content (AvgIpc) is 3.09. The molecule has 2 aliphatic carbocycles. The Labute approximate surface area is 155 Å². The molecule has 0 amide bonds. The summed E-state index contributed by atoms with van der Waals surface area (Å²) in [4.78, 5) is 0. The Morgan fingerprint density at radius 2 is 1.04 bits per heavy atom. The van der Waals surface area contributed by atoms with E-state index in [-0.39, 0.29) is 0 Å². The third kappa shape index (κ3) is 4.91. The summed E-state index contributed by atoms with van der Waals surface area (Å²) in [5, 5.41) is 0. The summed E-state index contributed by atoms with van der Waals surface area (Å²) in [6, 6.07) is 0. The van der Waals surface area contributed by atoms with Crippen molar-refractivity contribution in [1.82, 2.24) is 0 Å². The third-order valence-corrected chi connectivity index (χ3v) is 10.6. The van der Waals surface area contributed by atoms with Crippen LogP contribution in [0.25, 0.3) is 0 Å². The number of rotatable bonds is 10. The Morgan fingerprint density at radius 3 is 1.39 bits per heavy atom. The van der Waals surface area contributed by atoms with Crippen LogP contribution in [0.15, 0.2) is 41.1 Å². The zero-order valence-electron chi connectivity index (χ0n) is 15.7. The molecule has 0 bridgehead atoms. The van der Waals surface area contributed by atoms with Gasteiger partial charge in [0.1, 0.15) is 0 Å². The first-order valence-electron chi connectivity index (χ1n) is 9.84. The van der Waals surface area contributed by atoms with E-state index in [2.05, 4.69) is 39.8 Å². The van der Waals surface area contributed by atoms with Gasteiger partial charge in [-0.3, -0.25) is 0 Å². The van der Waals surface area contributed by atoms with E-state index in [0.717, 1.165) is 0 Å². The van der Waals surface area contributed by atoms with Crippen molar-refractivity contribution in [2.45, 2.75) is 91.9 Å². The molecule has 0 radical (unpaired) electrons. The Balaban J connectivity index is 2.15. The van der Waals surface area contributed by atoms with Crippen molar-refractivity contribution < 1.29 is 22.9 Å². The van der Waals surface area contributed by atoms with E-state index in [4.69, 9.17) is 0 Å². The van der Waals surface area contributed by atoms with Crippen molar-refractivity contribution in [2.75, 3.05) is 0 Å². The van der Waals surface area contributed by atoms with Crippen molar-refractivity contribution in [2.24, 2.45) is 0 Å². The molecule has 0 atom stereocenters. The van der Waals surface area contributed by atoms with Crippen LogP contribution in [0.5, 0.6) is 0 Å². The standard InChI is InChI=1S/2C11H17.Hf/c2*1-3-6-10-8-5-9-11(10)7-4-2;/h2*5H,3-4,6-8H2,1-2H3;. The molecule has 2 rings (SSSR count). The van der Waals surface area contributed by atoms with Crippen molar-refractivity contribution in [3.05, 3.63) is 41.1 Å². The molecule has 0 heterocycles. The van der Waals surface area contributed by atoms with Crippen LogP contribution in [0.4, 0.5) is 0 Å². The molecule has 23 heavy (non-hydrogen) atoms. The molecule has 126 valence electrons. The monoisotopic (exact) mass is 478 g/mol. The molecule has 0 unspecified atom stereocenters. The van der Waals surface area contributed by atoms with Crippen LogP contribution in [0.2, 0.25) is 0 Å². The predicted molar refractivity (Wildman–Crippen MR) is 99.1 cm³/mol. The first kappa shape index (κ1) is 19.2. The van der Waals surface area contributed by atoms with E-state index in [1.807, 2.05) is 6.66 Å². The molecule has 0 aromatic heterocycles.